The number of carbonyl (C=O) groups excluding carboxylic acids is 2. The summed E-state index contributed by atoms with van der Waals surface area (Å²) in [6, 6.07) is 10.8. The molecule has 1 aliphatic rings. The molecule has 1 saturated heterocycles. The second-order valence-electron chi connectivity index (χ2n) is 6.75. The normalized spacial score (nSPS) is 14.9. The van der Waals surface area contributed by atoms with Gasteiger partial charge in [-0.25, -0.2) is 8.42 Å². The highest BCUT2D eigenvalue weighted by Crippen LogP contribution is 2.22. The van der Waals surface area contributed by atoms with E-state index in [4.69, 9.17) is 16.3 Å². The Kier molecular flexibility index (Phi) is 7.09. The number of morpholine rings is 1. The number of nitrogens with zero attached hydrogens (tertiary/aromatic N) is 1. The second kappa shape index (κ2) is 9.57. The van der Waals surface area contributed by atoms with Gasteiger partial charge in [-0.2, -0.15) is 4.31 Å². The van der Waals surface area contributed by atoms with E-state index in [9.17, 15) is 18.0 Å². The largest absolute Gasteiger partial charge is 0.379 e. The van der Waals surface area contributed by atoms with Gasteiger partial charge in [0, 0.05) is 18.7 Å². The minimum Gasteiger partial charge on any atom is -0.379 e. The van der Waals surface area contributed by atoms with Gasteiger partial charge in [-0.3, -0.25) is 9.59 Å². The first-order valence-electron chi connectivity index (χ1n) is 9.29. The van der Waals surface area contributed by atoms with E-state index in [0.29, 0.717) is 37.0 Å². The number of nitrogens with one attached hydrogen (secondary N) is 2. The zero-order valence-electron chi connectivity index (χ0n) is 16.4. The van der Waals surface area contributed by atoms with Crippen LogP contribution >= 0.6 is 11.6 Å². The summed E-state index contributed by atoms with van der Waals surface area (Å²) in [5.74, 6) is -0.920. The zero-order valence-corrected chi connectivity index (χ0v) is 17.9. The molecule has 0 aliphatic carbocycles. The minimum absolute atomic E-state index is 0.104. The standard InChI is InChI=1S/C20H22ClN3O5S/c1-14-2-7-18(17(21)12-14)23-19(25)13-22-20(26)15-3-5-16(6-4-15)30(27,28)24-8-10-29-11-9-24/h2-7,12H,8-11,13H2,1H3,(H,22,26)(H,23,25). The van der Waals surface area contributed by atoms with E-state index in [-0.39, 0.29) is 17.0 Å². The summed E-state index contributed by atoms with van der Waals surface area (Å²) in [5.41, 5.74) is 1.67. The fourth-order valence-electron chi connectivity index (χ4n) is 2.89. The highest BCUT2D eigenvalue weighted by atomic mass is 35.5. The van der Waals surface area contributed by atoms with Crippen LogP contribution in [0.25, 0.3) is 0 Å². The number of amides is 2. The van der Waals surface area contributed by atoms with Gasteiger partial charge >= 0.3 is 0 Å². The summed E-state index contributed by atoms with van der Waals surface area (Å²) in [5, 5.41) is 5.54. The molecule has 10 heteroatoms. The molecule has 2 aromatic carbocycles. The van der Waals surface area contributed by atoms with Gasteiger partial charge < -0.3 is 15.4 Å². The van der Waals surface area contributed by atoms with E-state index in [0.717, 1.165) is 5.56 Å². The zero-order chi connectivity index (χ0) is 21.7. The lowest BCUT2D eigenvalue weighted by molar-refractivity contribution is -0.115. The molecule has 0 spiro atoms. The third-order valence-electron chi connectivity index (χ3n) is 4.53. The van der Waals surface area contributed by atoms with Crippen molar-refractivity contribution in [2.75, 3.05) is 38.2 Å². The number of hydrogen-bond donors (Lipinski definition) is 2. The summed E-state index contributed by atoms with van der Waals surface area (Å²) >= 11 is 6.08. The molecule has 0 radical (unpaired) electrons. The Hall–Kier alpha value is -2.46. The van der Waals surface area contributed by atoms with E-state index in [1.165, 1.54) is 28.6 Å². The number of hydrogen-bond acceptors (Lipinski definition) is 5. The van der Waals surface area contributed by atoms with Crippen LogP contribution in [-0.4, -0.2) is 57.4 Å². The van der Waals surface area contributed by atoms with Crippen LogP contribution in [0.1, 0.15) is 15.9 Å². The number of anilines is 1. The van der Waals surface area contributed by atoms with Crippen molar-refractivity contribution in [3.63, 3.8) is 0 Å². The van der Waals surface area contributed by atoms with Crippen LogP contribution in [0.2, 0.25) is 5.02 Å². The molecule has 160 valence electrons. The molecule has 2 amide bonds. The van der Waals surface area contributed by atoms with E-state index < -0.39 is 21.8 Å². The molecule has 8 nitrogen and oxygen atoms in total. The van der Waals surface area contributed by atoms with Crippen molar-refractivity contribution in [2.24, 2.45) is 0 Å². The monoisotopic (exact) mass is 451 g/mol. The van der Waals surface area contributed by atoms with Gasteiger partial charge in [0.25, 0.3) is 5.91 Å². The van der Waals surface area contributed by atoms with Crippen molar-refractivity contribution in [1.82, 2.24) is 9.62 Å². The van der Waals surface area contributed by atoms with Gasteiger partial charge in [-0.1, -0.05) is 17.7 Å². The molecule has 0 bridgehead atoms. The third-order valence-corrected chi connectivity index (χ3v) is 6.76. The van der Waals surface area contributed by atoms with Crippen molar-refractivity contribution >= 4 is 39.1 Å². The number of carbonyl (C=O) groups is 2. The molecule has 1 heterocycles. The summed E-state index contributed by atoms with van der Waals surface area (Å²) in [6.07, 6.45) is 0. The lowest BCUT2D eigenvalue weighted by atomic mass is 10.2. The van der Waals surface area contributed by atoms with Crippen LogP contribution in [0.4, 0.5) is 5.69 Å². The van der Waals surface area contributed by atoms with Crippen LogP contribution in [0.3, 0.4) is 0 Å². The smallest absolute Gasteiger partial charge is 0.251 e. The highest BCUT2D eigenvalue weighted by Gasteiger charge is 2.26. The predicted molar refractivity (Wildman–Crippen MR) is 113 cm³/mol. The molecule has 2 N–H and O–H groups in total. The number of aryl methyl sites for hydroxylation is 1. The van der Waals surface area contributed by atoms with Crippen molar-refractivity contribution in [3.05, 3.63) is 58.6 Å². The number of halogens is 1. The topological polar surface area (TPSA) is 105 Å². The lowest BCUT2D eigenvalue weighted by Crippen LogP contribution is -2.40. The van der Waals surface area contributed by atoms with Crippen LogP contribution in [0.5, 0.6) is 0 Å². The Morgan fingerprint density at radius 2 is 1.77 bits per heavy atom. The SMILES string of the molecule is Cc1ccc(NC(=O)CNC(=O)c2ccc(S(=O)(=O)N3CCOCC3)cc2)c(Cl)c1. The molecule has 1 fully saturated rings. The quantitative estimate of drug-likeness (QED) is 0.699. The first-order valence-corrected chi connectivity index (χ1v) is 11.1. The molecule has 0 unspecified atom stereocenters. The molecule has 30 heavy (non-hydrogen) atoms. The molecular weight excluding hydrogens is 430 g/mol. The Morgan fingerprint density at radius 1 is 1.10 bits per heavy atom. The van der Waals surface area contributed by atoms with Crippen LogP contribution < -0.4 is 10.6 Å². The molecule has 2 aromatic rings. The fourth-order valence-corrected chi connectivity index (χ4v) is 4.58. The molecule has 0 atom stereocenters. The van der Waals surface area contributed by atoms with Gasteiger partial charge in [0.2, 0.25) is 15.9 Å². The van der Waals surface area contributed by atoms with Gasteiger partial charge in [0.15, 0.2) is 0 Å². The highest BCUT2D eigenvalue weighted by molar-refractivity contribution is 7.89. The number of ether oxygens (including phenoxy) is 1. The Bertz CT molecular complexity index is 1030. The van der Waals surface area contributed by atoms with E-state index in [2.05, 4.69) is 10.6 Å². The van der Waals surface area contributed by atoms with E-state index >= 15 is 0 Å². The van der Waals surface area contributed by atoms with E-state index in [1.807, 2.05) is 13.0 Å². The fraction of sp³-hybridized carbons (Fsp3) is 0.300. The number of sulfonamides is 1. The van der Waals surface area contributed by atoms with Crippen molar-refractivity contribution < 1.29 is 22.7 Å². The van der Waals surface area contributed by atoms with Crippen molar-refractivity contribution in [2.45, 2.75) is 11.8 Å². The third kappa shape index (κ3) is 5.37. The lowest BCUT2D eigenvalue weighted by Gasteiger charge is -2.26. The second-order valence-corrected chi connectivity index (χ2v) is 9.10. The molecule has 3 rings (SSSR count). The molecule has 0 saturated carbocycles. The predicted octanol–water partition coefficient (Wildman–Crippen LogP) is 2.04. The van der Waals surface area contributed by atoms with Crippen LogP contribution in [-0.2, 0) is 19.6 Å². The molecule has 1 aliphatic heterocycles. The molecule has 0 aromatic heterocycles. The first-order chi connectivity index (χ1) is 14.3. The number of benzene rings is 2. The summed E-state index contributed by atoms with van der Waals surface area (Å²) in [4.78, 5) is 24.5. The van der Waals surface area contributed by atoms with Gasteiger partial charge in [0.05, 0.1) is 35.4 Å². The summed E-state index contributed by atoms with van der Waals surface area (Å²) in [7, 11) is -3.63. The first kappa shape index (κ1) is 22.2. The summed E-state index contributed by atoms with van der Waals surface area (Å²) in [6.45, 7) is 2.94. The minimum atomic E-state index is -3.63. The van der Waals surface area contributed by atoms with Crippen LogP contribution in [0, 0.1) is 6.92 Å². The number of rotatable bonds is 6. The average Bonchev–Trinajstić information content (AvgIpc) is 2.75. The Morgan fingerprint density at radius 3 is 2.40 bits per heavy atom. The van der Waals surface area contributed by atoms with Crippen LogP contribution in [0.15, 0.2) is 47.4 Å². The average molecular weight is 452 g/mol. The maximum atomic E-state index is 12.6. The Labute approximate surface area is 180 Å². The van der Waals surface area contributed by atoms with Crippen molar-refractivity contribution in [3.8, 4) is 0 Å². The van der Waals surface area contributed by atoms with Crippen molar-refractivity contribution in [1.29, 1.82) is 0 Å². The summed E-state index contributed by atoms with van der Waals surface area (Å²) < 4.78 is 31.8. The van der Waals surface area contributed by atoms with E-state index in [1.54, 1.807) is 12.1 Å². The Balaban J connectivity index is 1.57. The van der Waals surface area contributed by atoms with Gasteiger partial charge in [-0.05, 0) is 48.9 Å². The van der Waals surface area contributed by atoms with Gasteiger partial charge in [0.1, 0.15) is 0 Å². The van der Waals surface area contributed by atoms with Gasteiger partial charge in [-0.15, -0.1) is 0 Å². The molecular formula is C20H22ClN3O5S. The maximum absolute atomic E-state index is 12.6. The maximum Gasteiger partial charge on any atom is 0.251 e.